The Hall–Kier alpha value is -1.86. The molecule has 0 unspecified atom stereocenters. The molecule has 2 aromatic rings. The molecule has 0 fully saturated rings. The summed E-state index contributed by atoms with van der Waals surface area (Å²) in [6.07, 6.45) is 1.98. The number of methoxy groups -OCH3 is 1. The third-order valence-corrected chi connectivity index (χ3v) is 2.41. The van der Waals surface area contributed by atoms with Crippen LogP contribution in [0, 0.1) is 0 Å². The summed E-state index contributed by atoms with van der Waals surface area (Å²) < 4.78 is 5.04. The van der Waals surface area contributed by atoms with E-state index < -0.39 is 7.12 Å². The van der Waals surface area contributed by atoms with Crippen LogP contribution in [0.4, 0.5) is 0 Å². The van der Waals surface area contributed by atoms with Gasteiger partial charge in [-0.3, -0.25) is 5.10 Å². The van der Waals surface area contributed by atoms with Crippen molar-refractivity contribution in [3.63, 3.8) is 0 Å². The number of benzene rings is 1. The minimum absolute atomic E-state index is 0.338. The van der Waals surface area contributed by atoms with Gasteiger partial charge in [-0.05, 0) is 11.6 Å². The first-order valence-corrected chi connectivity index (χ1v) is 5.08. The highest BCUT2D eigenvalue weighted by Gasteiger charge is 2.17. The molecule has 0 saturated carbocycles. The highest BCUT2D eigenvalue weighted by atomic mass is 16.5. The Morgan fingerprint density at radius 1 is 1.41 bits per heavy atom. The third-order valence-electron chi connectivity index (χ3n) is 2.41. The second-order valence-corrected chi connectivity index (χ2v) is 3.56. The topological polar surface area (TPSA) is 91.3 Å². The molecule has 88 valence electrons. The number of nitrogens with zero attached hydrogens (tertiary/aromatic N) is 2. The van der Waals surface area contributed by atoms with Crippen molar-refractivity contribution in [2.75, 3.05) is 7.11 Å². The fourth-order valence-electron chi connectivity index (χ4n) is 1.60. The van der Waals surface area contributed by atoms with Crippen LogP contribution >= 0.6 is 0 Å². The van der Waals surface area contributed by atoms with Crippen LogP contribution in [0.2, 0.25) is 0 Å². The molecule has 0 aliphatic rings. The normalized spacial score (nSPS) is 10.3. The molecule has 0 atom stereocenters. The Balaban J connectivity index is 2.27. The van der Waals surface area contributed by atoms with Crippen LogP contribution in [0.1, 0.15) is 11.4 Å². The van der Waals surface area contributed by atoms with Crippen molar-refractivity contribution in [3.05, 3.63) is 35.9 Å². The average molecular weight is 233 g/mol. The molecule has 0 amide bonds. The standard InChI is InChI=1S/C10H12BN3O3/c1-17-9-3-2-7(4-8(9)11(15)16)5-10-12-6-13-14-10/h2-4,6,15-16H,5H2,1H3,(H,12,13,14). The SMILES string of the molecule is COc1ccc(Cc2ncn[nH]2)cc1B(O)O. The van der Waals surface area contributed by atoms with Crippen molar-refractivity contribution >= 4 is 12.6 Å². The summed E-state index contributed by atoms with van der Waals surface area (Å²) in [7, 11) is -0.0724. The van der Waals surface area contributed by atoms with E-state index in [4.69, 9.17) is 4.74 Å². The maximum Gasteiger partial charge on any atom is 0.492 e. The summed E-state index contributed by atoms with van der Waals surface area (Å²) in [6, 6.07) is 5.21. The predicted octanol–water partition coefficient (Wildman–Crippen LogP) is -0.916. The summed E-state index contributed by atoms with van der Waals surface area (Å²) >= 11 is 0. The highest BCUT2D eigenvalue weighted by Crippen LogP contribution is 2.11. The molecule has 2 rings (SSSR count). The largest absolute Gasteiger partial charge is 0.497 e. The zero-order valence-corrected chi connectivity index (χ0v) is 9.29. The molecule has 3 N–H and O–H groups in total. The molecular weight excluding hydrogens is 221 g/mol. The lowest BCUT2D eigenvalue weighted by Crippen LogP contribution is -2.31. The quantitative estimate of drug-likeness (QED) is 0.594. The van der Waals surface area contributed by atoms with Gasteiger partial charge in [-0.25, -0.2) is 4.98 Å². The number of hydrogen-bond acceptors (Lipinski definition) is 5. The molecular formula is C10H12BN3O3. The van der Waals surface area contributed by atoms with Gasteiger partial charge in [-0.2, -0.15) is 5.10 Å². The van der Waals surface area contributed by atoms with Crippen LogP contribution < -0.4 is 10.2 Å². The zero-order valence-electron chi connectivity index (χ0n) is 9.29. The first-order chi connectivity index (χ1) is 8.20. The molecule has 7 heteroatoms. The number of H-pyrrole nitrogens is 1. The van der Waals surface area contributed by atoms with Gasteiger partial charge in [0.25, 0.3) is 0 Å². The lowest BCUT2D eigenvalue weighted by Gasteiger charge is -2.09. The van der Waals surface area contributed by atoms with Gasteiger partial charge in [0.15, 0.2) is 0 Å². The van der Waals surface area contributed by atoms with Gasteiger partial charge in [-0.1, -0.05) is 12.1 Å². The molecule has 1 heterocycles. The summed E-state index contributed by atoms with van der Waals surface area (Å²) in [5, 5.41) is 24.9. The van der Waals surface area contributed by atoms with Crippen molar-refractivity contribution in [1.29, 1.82) is 0 Å². The number of aromatic nitrogens is 3. The van der Waals surface area contributed by atoms with E-state index in [-0.39, 0.29) is 0 Å². The minimum Gasteiger partial charge on any atom is -0.497 e. The highest BCUT2D eigenvalue weighted by molar-refractivity contribution is 6.59. The molecule has 17 heavy (non-hydrogen) atoms. The Kier molecular flexibility index (Phi) is 3.41. The van der Waals surface area contributed by atoms with E-state index in [0.29, 0.717) is 23.5 Å². The van der Waals surface area contributed by atoms with Crippen LogP contribution in [-0.4, -0.2) is 39.5 Å². The van der Waals surface area contributed by atoms with Gasteiger partial charge >= 0.3 is 7.12 Å². The third kappa shape index (κ3) is 2.63. The minimum atomic E-state index is -1.56. The molecule has 0 aliphatic carbocycles. The van der Waals surface area contributed by atoms with Gasteiger partial charge in [0, 0.05) is 11.9 Å². The second-order valence-electron chi connectivity index (χ2n) is 3.56. The fraction of sp³-hybridized carbons (Fsp3) is 0.200. The maximum absolute atomic E-state index is 9.23. The maximum atomic E-state index is 9.23. The Morgan fingerprint density at radius 2 is 2.24 bits per heavy atom. The van der Waals surface area contributed by atoms with Crippen molar-refractivity contribution in [2.24, 2.45) is 0 Å². The van der Waals surface area contributed by atoms with Crippen molar-refractivity contribution in [1.82, 2.24) is 15.2 Å². The first kappa shape index (κ1) is 11.6. The number of aromatic amines is 1. The van der Waals surface area contributed by atoms with Crippen LogP contribution in [0.3, 0.4) is 0 Å². The molecule has 0 bridgehead atoms. The summed E-state index contributed by atoms with van der Waals surface area (Å²) in [6.45, 7) is 0. The van der Waals surface area contributed by atoms with E-state index in [1.54, 1.807) is 12.1 Å². The Labute approximate surface area is 98.4 Å². The van der Waals surface area contributed by atoms with E-state index in [1.807, 2.05) is 6.07 Å². The first-order valence-electron chi connectivity index (χ1n) is 5.08. The molecule has 0 aliphatic heterocycles. The number of ether oxygens (including phenoxy) is 1. The number of hydrogen-bond donors (Lipinski definition) is 3. The molecule has 0 spiro atoms. The molecule has 6 nitrogen and oxygen atoms in total. The van der Waals surface area contributed by atoms with Crippen molar-refractivity contribution in [3.8, 4) is 5.75 Å². The molecule has 0 saturated heterocycles. The Morgan fingerprint density at radius 3 is 2.82 bits per heavy atom. The van der Waals surface area contributed by atoms with E-state index in [9.17, 15) is 10.0 Å². The van der Waals surface area contributed by atoms with Crippen LogP contribution in [0.15, 0.2) is 24.5 Å². The number of nitrogens with one attached hydrogen (secondary N) is 1. The zero-order chi connectivity index (χ0) is 12.3. The smallest absolute Gasteiger partial charge is 0.492 e. The second kappa shape index (κ2) is 4.98. The number of rotatable bonds is 4. The van der Waals surface area contributed by atoms with E-state index >= 15 is 0 Å². The van der Waals surface area contributed by atoms with Crippen molar-refractivity contribution < 1.29 is 14.8 Å². The van der Waals surface area contributed by atoms with E-state index in [0.717, 1.165) is 5.56 Å². The van der Waals surface area contributed by atoms with Gasteiger partial charge in [0.05, 0.1) is 7.11 Å². The molecule has 1 aromatic carbocycles. The van der Waals surface area contributed by atoms with Gasteiger partial charge in [0.1, 0.15) is 17.9 Å². The van der Waals surface area contributed by atoms with Gasteiger partial charge < -0.3 is 14.8 Å². The lowest BCUT2D eigenvalue weighted by molar-refractivity contribution is 0.403. The monoisotopic (exact) mass is 233 g/mol. The van der Waals surface area contributed by atoms with Crippen molar-refractivity contribution in [2.45, 2.75) is 6.42 Å². The lowest BCUT2D eigenvalue weighted by atomic mass is 9.78. The van der Waals surface area contributed by atoms with E-state index in [1.165, 1.54) is 13.4 Å². The Bertz CT molecular complexity index is 488. The van der Waals surface area contributed by atoms with Crippen LogP contribution in [-0.2, 0) is 6.42 Å². The summed E-state index contributed by atoms with van der Waals surface area (Å²) in [5.41, 5.74) is 1.23. The molecule has 0 radical (unpaired) electrons. The van der Waals surface area contributed by atoms with Crippen LogP contribution in [0.5, 0.6) is 5.75 Å². The average Bonchev–Trinajstić information content (AvgIpc) is 2.81. The fourth-order valence-corrected chi connectivity index (χ4v) is 1.60. The van der Waals surface area contributed by atoms with Gasteiger partial charge in [0.2, 0.25) is 0 Å². The van der Waals surface area contributed by atoms with Crippen LogP contribution in [0.25, 0.3) is 0 Å². The van der Waals surface area contributed by atoms with E-state index in [2.05, 4.69) is 15.2 Å². The summed E-state index contributed by atoms with van der Waals surface area (Å²) in [5.74, 6) is 1.16. The van der Waals surface area contributed by atoms with Gasteiger partial charge in [-0.15, -0.1) is 0 Å². The molecule has 1 aromatic heterocycles. The predicted molar refractivity (Wildman–Crippen MR) is 62.0 cm³/mol. The summed E-state index contributed by atoms with van der Waals surface area (Å²) in [4.78, 5) is 4.01.